The van der Waals surface area contributed by atoms with Gasteiger partial charge in [0.25, 0.3) is 5.09 Å². The predicted molar refractivity (Wildman–Crippen MR) is 49.8 cm³/mol. The van der Waals surface area contributed by atoms with Crippen LogP contribution in [-0.2, 0) is 23.9 Å². The Morgan fingerprint density at radius 1 is 1.25 bits per heavy atom. The zero-order valence-corrected chi connectivity index (χ0v) is 9.00. The zero-order valence-electron chi connectivity index (χ0n) is 9.00. The predicted octanol–water partition coefficient (Wildman–Crippen LogP) is 0.0796. The summed E-state index contributed by atoms with van der Waals surface area (Å²) in [5.74, 6) is -1.73. The third-order valence-corrected chi connectivity index (χ3v) is 1.42. The van der Waals surface area contributed by atoms with Gasteiger partial charge >= 0.3 is 11.9 Å². The molecule has 0 bridgehead atoms. The number of nitrogens with zero attached hydrogens (tertiary/aromatic N) is 1. The molecule has 8 heteroatoms. The Kier molecular flexibility index (Phi) is 6.57. The number of carbonyl (C=O) groups is 2. The fourth-order valence-corrected chi connectivity index (χ4v) is 0.874. The minimum Gasteiger partial charge on any atom is -0.466 e. The van der Waals surface area contributed by atoms with Crippen LogP contribution in [0.5, 0.6) is 0 Å². The molecule has 0 aromatic rings. The van der Waals surface area contributed by atoms with Crippen molar-refractivity contribution in [3.8, 4) is 0 Å². The maximum Gasteiger partial charge on any atom is 0.335 e. The number of rotatable bonds is 7. The topological polar surface area (TPSA) is 105 Å². The van der Waals surface area contributed by atoms with Crippen molar-refractivity contribution in [3.63, 3.8) is 0 Å². The molecule has 0 saturated heterocycles. The highest BCUT2D eigenvalue weighted by molar-refractivity contribution is 5.81. The van der Waals surface area contributed by atoms with Crippen LogP contribution in [-0.4, -0.2) is 36.3 Å². The van der Waals surface area contributed by atoms with Gasteiger partial charge in [-0.2, -0.15) is 0 Å². The molecule has 0 unspecified atom stereocenters. The molecule has 8 nitrogen and oxygen atoms in total. The van der Waals surface area contributed by atoms with Gasteiger partial charge in [0, 0.05) is 0 Å². The summed E-state index contributed by atoms with van der Waals surface area (Å²) in [5, 5.41) is 8.93. The highest BCUT2D eigenvalue weighted by atomic mass is 17.0. The Morgan fingerprint density at radius 2 is 1.81 bits per heavy atom. The van der Waals surface area contributed by atoms with Gasteiger partial charge in [0.1, 0.15) is 0 Å². The first-order valence-corrected chi connectivity index (χ1v) is 4.64. The molecule has 0 aliphatic heterocycles. The van der Waals surface area contributed by atoms with Crippen molar-refractivity contribution < 1.29 is 29.0 Å². The Hall–Kier alpha value is -1.86. The van der Waals surface area contributed by atoms with Crippen LogP contribution in [0, 0.1) is 10.1 Å². The minimum absolute atomic E-state index is 0.0409. The van der Waals surface area contributed by atoms with E-state index in [0.717, 1.165) is 0 Å². The lowest BCUT2D eigenvalue weighted by Crippen LogP contribution is -2.31. The van der Waals surface area contributed by atoms with Crippen molar-refractivity contribution in [1.29, 1.82) is 0 Å². The Labute approximate surface area is 91.6 Å². The van der Waals surface area contributed by atoms with Crippen LogP contribution in [0.3, 0.4) is 0 Å². The van der Waals surface area contributed by atoms with Gasteiger partial charge in [-0.05, 0) is 13.8 Å². The maximum absolute atomic E-state index is 11.2. The number of esters is 2. The second-order valence-corrected chi connectivity index (χ2v) is 2.58. The second kappa shape index (κ2) is 7.43. The maximum atomic E-state index is 11.2. The summed E-state index contributed by atoms with van der Waals surface area (Å²) >= 11 is 0. The first-order chi connectivity index (χ1) is 7.51. The van der Waals surface area contributed by atoms with Crippen LogP contribution < -0.4 is 0 Å². The average molecular weight is 235 g/mol. The number of carbonyl (C=O) groups excluding carboxylic acids is 2. The molecular weight excluding hydrogens is 222 g/mol. The normalized spacial score (nSPS) is 11.4. The summed E-state index contributed by atoms with van der Waals surface area (Å²) in [6, 6.07) is 0. The highest BCUT2D eigenvalue weighted by Gasteiger charge is 2.27. The molecule has 0 spiro atoms. The smallest absolute Gasteiger partial charge is 0.335 e. The standard InChI is InChI=1S/C8H13NO7/c1-3-14-7(10)5-6(16-9(12)13)8(11)15-4-2/h6H,3-5H2,1-2H3/t6-/m0/s1. The lowest BCUT2D eigenvalue weighted by Gasteiger charge is -2.12. The molecule has 0 amide bonds. The Bertz CT molecular complexity index is 265. The van der Waals surface area contributed by atoms with E-state index in [4.69, 9.17) is 0 Å². The van der Waals surface area contributed by atoms with E-state index in [9.17, 15) is 19.7 Å². The van der Waals surface area contributed by atoms with Crippen molar-refractivity contribution in [2.24, 2.45) is 0 Å². The third kappa shape index (κ3) is 5.78. The molecule has 0 aromatic heterocycles. The summed E-state index contributed by atoms with van der Waals surface area (Å²) in [6.07, 6.45) is -2.12. The molecular formula is C8H13NO7. The molecule has 0 saturated carbocycles. The van der Waals surface area contributed by atoms with Crippen LogP contribution in [0.15, 0.2) is 0 Å². The van der Waals surface area contributed by atoms with Gasteiger partial charge < -0.3 is 9.47 Å². The highest BCUT2D eigenvalue weighted by Crippen LogP contribution is 2.04. The number of hydrogen-bond acceptors (Lipinski definition) is 7. The van der Waals surface area contributed by atoms with Crippen molar-refractivity contribution in [2.45, 2.75) is 26.4 Å². The van der Waals surface area contributed by atoms with Gasteiger partial charge in [-0.3, -0.25) is 9.63 Å². The lowest BCUT2D eigenvalue weighted by atomic mass is 10.2. The summed E-state index contributed by atoms with van der Waals surface area (Å²) in [5.41, 5.74) is 0. The van der Waals surface area contributed by atoms with E-state index in [1.54, 1.807) is 6.92 Å². The molecule has 1 atom stereocenters. The van der Waals surface area contributed by atoms with E-state index in [1.165, 1.54) is 6.92 Å². The summed E-state index contributed by atoms with van der Waals surface area (Å²) in [6.45, 7) is 3.27. The summed E-state index contributed by atoms with van der Waals surface area (Å²) in [7, 11) is 0. The number of hydrogen-bond donors (Lipinski definition) is 0. The average Bonchev–Trinajstić information content (AvgIpc) is 2.16. The van der Waals surface area contributed by atoms with Crippen molar-refractivity contribution in [1.82, 2.24) is 0 Å². The van der Waals surface area contributed by atoms with E-state index in [-0.39, 0.29) is 13.2 Å². The Balaban J connectivity index is 4.36. The van der Waals surface area contributed by atoms with Gasteiger partial charge in [0.15, 0.2) is 0 Å². The molecule has 0 aromatic carbocycles. The monoisotopic (exact) mass is 235 g/mol. The third-order valence-electron chi connectivity index (χ3n) is 1.42. The minimum atomic E-state index is -1.58. The molecule has 0 radical (unpaired) electrons. The lowest BCUT2D eigenvalue weighted by molar-refractivity contribution is -0.764. The van der Waals surface area contributed by atoms with E-state index >= 15 is 0 Å². The van der Waals surface area contributed by atoms with Crippen molar-refractivity contribution in [3.05, 3.63) is 10.1 Å². The van der Waals surface area contributed by atoms with Gasteiger partial charge in [-0.25, -0.2) is 4.79 Å². The molecule has 0 aliphatic carbocycles. The van der Waals surface area contributed by atoms with Crippen molar-refractivity contribution >= 4 is 11.9 Å². The molecule has 0 heterocycles. The molecule has 0 rings (SSSR count). The van der Waals surface area contributed by atoms with Gasteiger partial charge in [-0.1, -0.05) is 0 Å². The summed E-state index contributed by atoms with van der Waals surface area (Å²) in [4.78, 5) is 36.3. The molecule has 0 fully saturated rings. The Morgan fingerprint density at radius 3 is 2.25 bits per heavy atom. The van der Waals surface area contributed by atoms with Gasteiger partial charge in [0.2, 0.25) is 6.10 Å². The molecule has 92 valence electrons. The molecule has 16 heavy (non-hydrogen) atoms. The van der Waals surface area contributed by atoms with E-state index in [0.29, 0.717) is 0 Å². The van der Waals surface area contributed by atoms with Crippen LogP contribution in [0.1, 0.15) is 20.3 Å². The van der Waals surface area contributed by atoms with E-state index < -0.39 is 29.6 Å². The van der Waals surface area contributed by atoms with Gasteiger partial charge in [0.05, 0.1) is 19.6 Å². The summed E-state index contributed by atoms with van der Waals surface area (Å²) < 4.78 is 9.04. The molecule has 0 aliphatic rings. The van der Waals surface area contributed by atoms with Crippen LogP contribution in [0.4, 0.5) is 0 Å². The van der Waals surface area contributed by atoms with Crippen LogP contribution >= 0.6 is 0 Å². The van der Waals surface area contributed by atoms with E-state index in [1.807, 2.05) is 0 Å². The first-order valence-electron chi connectivity index (χ1n) is 4.64. The zero-order chi connectivity index (χ0) is 12.6. The SMILES string of the molecule is CCOC(=O)C[C@H](O[N+](=O)[O-])C(=O)OCC. The van der Waals surface area contributed by atoms with Crippen LogP contribution in [0.25, 0.3) is 0 Å². The largest absolute Gasteiger partial charge is 0.466 e. The molecule has 0 N–H and O–H groups in total. The first kappa shape index (κ1) is 14.1. The van der Waals surface area contributed by atoms with Gasteiger partial charge in [-0.15, -0.1) is 10.1 Å². The fourth-order valence-electron chi connectivity index (χ4n) is 0.874. The second-order valence-electron chi connectivity index (χ2n) is 2.58. The number of ether oxygens (including phenoxy) is 2. The fraction of sp³-hybridized carbons (Fsp3) is 0.750. The van der Waals surface area contributed by atoms with Crippen molar-refractivity contribution in [2.75, 3.05) is 13.2 Å². The van der Waals surface area contributed by atoms with E-state index in [2.05, 4.69) is 14.3 Å². The quantitative estimate of drug-likeness (QED) is 0.349. The van der Waals surface area contributed by atoms with Crippen LogP contribution in [0.2, 0.25) is 0 Å².